The minimum Gasteiger partial charge on any atom is -0.341 e. The highest BCUT2D eigenvalue weighted by molar-refractivity contribution is 9.10. The zero-order chi connectivity index (χ0) is 14.5. The zero-order valence-electron chi connectivity index (χ0n) is 11.0. The summed E-state index contributed by atoms with van der Waals surface area (Å²) in [6, 6.07) is 4.50. The Morgan fingerprint density at radius 1 is 1.40 bits per heavy atom. The number of non-ortho nitro benzene ring substituents is 1. The van der Waals surface area contributed by atoms with E-state index >= 15 is 0 Å². The van der Waals surface area contributed by atoms with Gasteiger partial charge in [-0.15, -0.1) is 0 Å². The number of hydrogen-bond donors (Lipinski definition) is 1. The van der Waals surface area contributed by atoms with Gasteiger partial charge in [-0.1, -0.05) is 22.0 Å². The first-order valence-electron chi connectivity index (χ1n) is 6.49. The Kier molecular flexibility index (Phi) is 5.08. The van der Waals surface area contributed by atoms with Gasteiger partial charge in [0.2, 0.25) is 5.91 Å². The van der Waals surface area contributed by atoms with Gasteiger partial charge in [-0.3, -0.25) is 14.9 Å². The molecule has 1 amide bonds. The van der Waals surface area contributed by atoms with E-state index in [1.165, 1.54) is 12.1 Å². The van der Waals surface area contributed by atoms with Gasteiger partial charge in [0.1, 0.15) is 0 Å². The SMILES string of the molecule is O=C(Cc1ccc([N+](=O)[O-])cc1Br)N1CCCNCC1. The molecule has 108 valence electrons. The Labute approximate surface area is 125 Å². The molecule has 0 bridgehead atoms. The fourth-order valence-corrected chi connectivity index (χ4v) is 2.67. The summed E-state index contributed by atoms with van der Waals surface area (Å²) in [7, 11) is 0. The summed E-state index contributed by atoms with van der Waals surface area (Å²) < 4.78 is 0.605. The smallest absolute Gasteiger partial charge is 0.270 e. The van der Waals surface area contributed by atoms with Crippen molar-refractivity contribution in [1.82, 2.24) is 10.2 Å². The van der Waals surface area contributed by atoms with E-state index in [1.807, 2.05) is 4.90 Å². The summed E-state index contributed by atoms with van der Waals surface area (Å²) in [5.41, 5.74) is 0.796. The Hall–Kier alpha value is -1.47. The van der Waals surface area contributed by atoms with Gasteiger partial charge in [0.25, 0.3) is 5.69 Å². The molecule has 1 fully saturated rings. The van der Waals surface area contributed by atoms with Crippen LogP contribution < -0.4 is 5.32 Å². The largest absolute Gasteiger partial charge is 0.341 e. The Morgan fingerprint density at radius 2 is 2.20 bits per heavy atom. The third kappa shape index (κ3) is 3.77. The Morgan fingerprint density at radius 3 is 2.90 bits per heavy atom. The quantitative estimate of drug-likeness (QED) is 0.670. The summed E-state index contributed by atoms with van der Waals surface area (Å²) >= 11 is 3.30. The van der Waals surface area contributed by atoms with Crippen molar-refractivity contribution in [2.45, 2.75) is 12.8 Å². The highest BCUT2D eigenvalue weighted by Crippen LogP contribution is 2.23. The van der Waals surface area contributed by atoms with E-state index in [2.05, 4.69) is 21.2 Å². The van der Waals surface area contributed by atoms with E-state index in [-0.39, 0.29) is 18.0 Å². The molecular weight excluding hydrogens is 326 g/mol. The number of nitro benzene ring substituents is 1. The molecule has 1 aliphatic heterocycles. The van der Waals surface area contributed by atoms with Crippen LogP contribution in [0.15, 0.2) is 22.7 Å². The van der Waals surface area contributed by atoms with Crippen molar-refractivity contribution < 1.29 is 9.72 Å². The van der Waals surface area contributed by atoms with Gasteiger partial charge in [-0.05, 0) is 18.5 Å². The summed E-state index contributed by atoms with van der Waals surface area (Å²) in [4.78, 5) is 24.3. The second-order valence-electron chi connectivity index (χ2n) is 4.69. The number of nitrogens with zero attached hydrogens (tertiary/aromatic N) is 2. The molecule has 0 atom stereocenters. The maximum atomic E-state index is 12.2. The molecule has 0 spiro atoms. The van der Waals surface area contributed by atoms with Crippen molar-refractivity contribution in [3.8, 4) is 0 Å². The fraction of sp³-hybridized carbons (Fsp3) is 0.462. The van der Waals surface area contributed by atoms with E-state index in [1.54, 1.807) is 6.07 Å². The number of amides is 1. The van der Waals surface area contributed by atoms with Crippen LogP contribution in [0.1, 0.15) is 12.0 Å². The van der Waals surface area contributed by atoms with Gasteiger partial charge in [-0.25, -0.2) is 0 Å². The topological polar surface area (TPSA) is 75.5 Å². The van der Waals surface area contributed by atoms with Crippen LogP contribution in [0.4, 0.5) is 5.69 Å². The van der Waals surface area contributed by atoms with Gasteiger partial charge in [0.05, 0.1) is 11.3 Å². The minimum absolute atomic E-state index is 0.0204. The number of benzene rings is 1. The lowest BCUT2D eigenvalue weighted by Gasteiger charge is -2.20. The fourth-order valence-electron chi connectivity index (χ4n) is 2.16. The lowest BCUT2D eigenvalue weighted by atomic mass is 10.1. The highest BCUT2D eigenvalue weighted by Gasteiger charge is 2.17. The first-order chi connectivity index (χ1) is 9.58. The number of rotatable bonds is 3. The van der Waals surface area contributed by atoms with Crippen LogP contribution >= 0.6 is 15.9 Å². The average Bonchev–Trinajstić information content (AvgIpc) is 2.69. The molecule has 2 rings (SSSR count). The van der Waals surface area contributed by atoms with Crippen LogP contribution in [0.25, 0.3) is 0 Å². The average molecular weight is 342 g/mol. The van der Waals surface area contributed by atoms with Gasteiger partial charge in [0.15, 0.2) is 0 Å². The number of nitro groups is 1. The number of nitrogens with one attached hydrogen (secondary N) is 1. The molecule has 0 aliphatic carbocycles. The molecule has 0 unspecified atom stereocenters. The van der Waals surface area contributed by atoms with Crippen LogP contribution in [0, 0.1) is 10.1 Å². The highest BCUT2D eigenvalue weighted by atomic mass is 79.9. The predicted molar refractivity (Wildman–Crippen MR) is 78.6 cm³/mol. The van der Waals surface area contributed by atoms with Crippen LogP contribution in [0.2, 0.25) is 0 Å². The number of carbonyl (C=O) groups excluding carboxylic acids is 1. The Bertz CT molecular complexity index is 514. The molecule has 0 radical (unpaired) electrons. The van der Waals surface area contributed by atoms with Crippen LogP contribution in [0.5, 0.6) is 0 Å². The van der Waals surface area contributed by atoms with Crippen LogP contribution in [0.3, 0.4) is 0 Å². The standard InChI is InChI=1S/C13H16BrN3O3/c14-12-9-11(17(19)20)3-2-10(12)8-13(18)16-6-1-4-15-5-7-16/h2-3,9,15H,1,4-8H2. The summed E-state index contributed by atoms with van der Waals surface area (Å²) in [6.45, 7) is 3.22. The monoisotopic (exact) mass is 341 g/mol. The summed E-state index contributed by atoms with van der Waals surface area (Å²) in [5, 5.41) is 13.9. The molecular formula is C13H16BrN3O3. The molecule has 1 aromatic carbocycles. The number of carbonyl (C=O) groups is 1. The molecule has 1 aromatic rings. The second-order valence-corrected chi connectivity index (χ2v) is 5.55. The normalized spacial score (nSPS) is 15.8. The number of hydrogen-bond acceptors (Lipinski definition) is 4. The Balaban J connectivity index is 2.05. The van der Waals surface area contributed by atoms with Crippen molar-refractivity contribution >= 4 is 27.5 Å². The van der Waals surface area contributed by atoms with Crippen molar-refractivity contribution in [2.24, 2.45) is 0 Å². The summed E-state index contributed by atoms with van der Waals surface area (Å²) in [6.07, 6.45) is 1.21. The van der Waals surface area contributed by atoms with Gasteiger partial charge in [0, 0.05) is 36.2 Å². The van der Waals surface area contributed by atoms with Crippen molar-refractivity contribution in [2.75, 3.05) is 26.2 Å². The maximum absolute atomic E-state index is 12.2. The molecule has 1 aliphatic rings. The van der Waals surface area contributed by atoms with Gasteiger partial charge < -0.3 is 10.2 Å². The second kappa shape index (κ2) is 6.81. The first kappa shape index (κ1) is 14.9. The summed E-state index contributed by atoms with van der Waals surface area (Å²) in [5.74, 6) is 0.0586. The van der Waals surface area contributed by atoms with Crippen molar-refractivity contribution in [3.63, 3.8) is 0 Å². The molecule has 1 N–H and O–H groups in total. The van der Waals surface area contributed by atoms with E-state index in [0.29, 0.717) is 11.0 Å². The molecule has 0 aromatic heterocycles. The van der Waals surface area contributed by atoms with E-state index in [0.717, 1.165) is 31.6 Å². The third-order valence-corrected chi connectivity index (χ3v) is 4.02. The molecule has 20 heavy (non-hydrogen) atoms. The van der Waals surface area contributed by atoms with Gasteiger partial charge >= 0.3 is 0 Å². The minimum atomic E-state index is -0.448. The van der Waals surface area contributed by atoms with Crippen LogP contribution in [-0.4, -0.2) is 41.9 Å². The zero-order valence-corrected chi connectivity index (χ0v) is 12.6. The van der Waals surface area contributed by atoms with Crippen molar-refractivity contribution in [1.29, 1.82) is 0 Å². The first-order valence-corrected chi connectivity index (χ1v) is 7.28. The molecule has 0 saturated carbocycles. The van der Waals surface area contributed by atoms with Gasteiger partial charge in [-0.2, -0.15) is 0 Å². The number of halogens is 1. The van der Waals surface area contributed by atoms with E-state index < -0.39 is 4.92 Å². The van der Waals surface area contributed by atoms with E-state index in [9.17, 15) is 14.9 Å². The molecule has 6 nitrogen and oxygen atoms in total. The predicted octanol–water partition coefficient (Wildman–Crippen LogP) is 1.72. The lowest BCUT2D eigenvalue weighted by molar-refractivity contribution is -0.384. The van der Waals surface area contributed by atoms with E-state index in [4.69, 9.17) is 0 Å². The maximum Gasteiger partial charge on any atom is 0.270 e. The molecule has 1 saturated heterocycles. The molecule has 7 heteroatoms. The van der Waals surface area contributed by atoms with Crippen molar-refractivity contribution in [3.05, 3.63) is 38.3 Å². The molecule has 1 heterocycles. The lowest BCUT2D eigenvalue weighted by Crippen LogP contribution is -2.35. The van der Waals surface area contributed by atoms with Crippen LogP contribution in [-0.2, 0) is 11.2 Å². The third-order valence-electron chi connectivity index (χ3n) is 3.28.